The summed E-state index contributed by atoms with van der Waals surface area (Å²) < 4.78 is 1.20. The molecule has 4 heteroatoms. The van der Waals surface area contributed by atoms with Gasteiger partial charge in [-0.15, -0.1) is 0 Å². The zero-order chi connectivity index (χ0) is 9.68. The second-order valence-electron chi connectivity index (χ2n) is 2.85. The molecule has 1 aromatic rings. The van der Waals surface area contributed by atoms with E-state index < -0.39 is 5.97 Å². The fourth-order valence-electron chi connectivity index (χ4n) is 1.09. The van der Waals surface area contributed by atoms with Crippen LogP contribution in [0.5, 0.6) is 0 Å². The molecule has 0 aliphatic carbocycles. The Morgan fingerprint density at radius 3 is 2.36 bits per heavy atom. The Morgan fingerprint density at radius 2 is 1.86 bits per heavy atom. The number of carboxylic acid groups (broad SMARTS) is 1. The first kappa shape index (κ1) is 14.4. The van der Waals surface area contributed by atoms with Crippen molar-refractivity contribution in [2.24, 2.45) is 0 Å². The molecule has 0 unspecified atom stereocenters. The van der Waals surface area contributed by atoms with Crippen molar-refractivity contribution in [2.45, 2.75) is 19.3 Å². The molecule has 0 fully saturated rings. The Bertz CT molecular complexity index is 285. The van der Waals surface area contributed by atoms with Gasteiger partial charge in [0.05, 0.1) is 0 Å². The molecule has 0 N–H and O–H groups in total. The molecule has 0 spiro atoms. The fraction of sp³-hybridized carbons (Fsp3) is 0.300. The van der Waals surface area contributed by atoms with Gasteiger partial charge in [0.15, 0.2) is 0 Å². The molecule has 2 nitrogen and oxygen atoms in total. The smallest absolute Gasteiger partial charge is 0.550 e. The van der Waals surface area contributed by atoms with Gasteiger partial charge in [-0.2, -0.15) is 0 Å². The van der Waals surface area contributed by atoms with Crippen molar-refractivity contribution in [1.82, 2.24) is 0 Å². The molecule has 0 radical (unpaired) electrons. The fourth-order valence-corrected chi connectivity index (χ4v) is 1.45. The largest absolute Gasteiger partial charge is 1.00 e. The number of benzene rings is 1. The van der Waals surface area contributed by atoms with Gasteiger partial charge in [0.1, 0.15) is 0 Å². The summed E-state index contributed by atoms with van der Waals surface area (Å²) in [5.41, 5.74) is 1.18. The molecule has 14 heavy (non-hydrogen) atoms. The summed E-state index contributed by atoms with van der Waals surface area (Å²) >= 11 is 2.24. The first-order chi connectivity index (χ1) is 6.18. The predicted molar refractivity (Wildman–Crippen MR) is 57.1 cm³/mol. The van der Waals surface area contributed by atoms with Crippen LogP contribution in [0.4, 0.5) is 0 Å². The molecule has 0 heterocycles. The molecule has 0 aliphatic heterocycles. The van der Waals surface area contributed by atoms with Crippen LogP contribution in [0.1, 0.15) is 18.4 Å². The van der Waals surface area contributed by atoms with E-state index in [4.69, 9.17) is 0 Å². The summed E-state index contributed by atoms with van der Waals surface area (Å²) in [6, 6.07) is 8.10. The summed E-state index contributed by atoms with van der Waals surface area (Å²) in [6.07, 6.45) is 1.61. The summed E-state index contributed by atoms with van der Waals surface area (Å²) in [4.78, 5) is 10.1. The molecule has 0 bridgehead atoms. The van der Waals surface area contributed by atoms with Crippen molar-refractivity contribution in [1.29, 1.82) is 0 Å². The van der Waals surface area contributed by atoms with Gasteiger partial charge < -0.3 is 9.90 Å². The Kier molecular flexibility index (Phi) is 7.91. The third kappa shape index (κ3) is 6.01. The minimum Gasteiger partial charge on any atom is -0.550 e. The third-order valence-corrected chi connectivity index (χ3v) is 2.48. The number of carboxylic acids is 1. The molecule has 1 aromatic carbocycles. The monoisotopic (exact) mass is 312 g/mol. The Hall–Kier alpha value is 0.420. The van der Waals surface area contributed by atoms with E-state index in [1.165, 1.54) is 9.13 Å². The van der Waals surface area contributed by atoms with Crippen LogP contribution in [0.15, 0.2) is 24.3 Å². The SMILES string of the molecule is O=C([O-])CCCc1ccc(I)cc1.[Na+]. The van der Waals surface area contributed by atoms with Crippen molar-refractivity contribution in [3.63, 3.8) is 0 Å². The summed E-state index contributed by atoms with van der Waals surface area (Å²) in [7, 11) is 0. The van der Waals surface area contributed by atoms with Crippen LogP contribution in [-0.2, 0) is 11.2 Å². The number of carbonyl (C=O) groups excluding carboxylic acids is 1. The number of aliphatic carboxylic acids is 1. The van der Waals surface area contributed by atoms with Crippen molar-refractivity contribution in [3.05, 3.63) is 33.4 Å². The van der Waals surface area contributed by atoms with Crippen molar-refractivity contribution in [3.8, 4) is 0 Å². The van der Waals surface area contributed by atoms with Crippen LogP contribution >= 0.6 is 22.6 Å². The van der Waals surface area contributed by atoms with Crippen molar-refractivity contribution in [2.75, 3.05) is 0 Å². The van der Waals surface area contributed by atoms with Crippen LogP contribution in [0, 0.1) is 3.57 Å². The van der Waals surface area contributed by atoms with E-state index in [0.717, 1.165) is 6.42 Å². The maximum Gasteiger partial charge on any atom is 1.00 e. The molecule has 0 saturated heterocycles. The van der Waals surface area contributed by atoms with Crippen LogP contribution in [0.25, 0.3) is 0 Å². The number of aryl methyl sites for hydroxylation is 1. The van der Waals surface area contributed by atoms with Gasteiger partial charge in [0, 0.05) is 9.54 Å². The quantitative estimate of drug-likeness (QED) is 0.495. The van der Waals surface area contributed by atoms with E-state index in [2.05, 4.69) is 22.6 Å². The number of rotatable bonds is 4. The van der Waals surface area contributed by atoms with Gasteiger partial charge >= 0.3 is 29.6 Å². The molecule has 0 amide bonds. The van der Waals surface area contributed by atoms with E-state index in [1.54, 1.807) is 0 Å². The van der Waals surface area contributed by atoms with Gasteiger partial charge in [-0.3, -0.25) is 0 Å². The van der Waals surface area contributed by atoms with Crippen LogP contribution in [-0.4, -0.2) is 5.97 Å². The van der Waals surface area contributed by atoms with Gasteiger partial charge in [-0.1, -0.05) is 12.1 Å². The van der Waals surface area contributed by atoms with Crippen LogP contribution in [0.2, 0.25) is 0 Å². The first-order valence-corrected chi connectivity index (χ1v) is 5.20. The van der Waals surface area contributed by atoms with Gasteiger partial charge in [-0.25, -0.2) is 0 Å². The average Bonchev–Trinajstić information content (AvgIpc) is 2.08. The summed E-state index contributed by atoms with van der Waals surface area (Å²) in [5.74, 6) is -0.967. The van der Waals surface area contributed by atoms with Gasteiger partial charge in [-0.05, 0) is 59.5 Å². The van der Waals surface area contributed by atoms with E-state index in [1.807, 2.05) is 24.3 Å². The topological polar surface area (TPSA) is 40.1 Å². The number of hydrogen-bond acceptors (Lipinski definition) is 2. The van der Waals surface area contributed by atoms with Crippen LogP contribution in [0.3, 0.4) is 0 Å². The maximum atomic E-state index is 10.1. The van der Waals surface area contributed by atoms with Crippen molar-refractivity contribution >= 4 is 28.6 Å². The Morgan fingerprint density at radius 1 is 1.29 bits per heavy atom. The van der Waals surface area contributed by atoms with E-state index in [9.17, 15) is 9.90 Å². The van der Waals surface area contributed by atoms with E-state index in [-0.39, 0.29) is 36.0 Å². The summed E-state index contributed by atoms with van der Waals surface area (Å²) in [5, 5.41) is 10.1. The zero-order valence-corrected chi connectivity index (χ0v) is 12.3. The molecule has 0 aliphatic rings. The number of hydrogen-bond donors (Lipinski definition) is 0. The van der Waals surface area contributed by atoms with Crippen molar-refractivity contribution < 1.29 is 39.5 Å². The minimum atomic E-state index is -0.967. The molecular weight excluding hydrogens is 302 g/mol. The molecule has 0 saturated carbocycles. The maximum absolute atomic E-state index is 10.1. The van der Waals surface area contributed by atoms with Gasteiger partial charge in [0.2, 0.25) is 0 Å². The second-order valence-corrected chi connectivity index (χ2v) is 4.10. The normalized spacial score (nSPS) is 9.21. The zero-order valence-electron chi connectivity index (χ0n) is 8.13. The molecule has 0 atom stereocenters. The second kappa shape index (κ2) is 7.68. The van der Waals surface area contributed by atoms with Gasteiger partial charge in [0.25, 0.3) is 0 Å². The average molecular weight is 312 g/mol. The predicted octanol–water partition coefficient (Wildman–Crippen LogP) is -1.63. The Labute approximate surface area is 120 Å². The standard InChI is InChI=1S/C10H11IO2.Na/c11-9-6-4-8(5-7-9)2-1-3-10(12)13;/h4-7H,1-3H2,(H,12,13);/q;+1/p-1. The van der Waals surface area contributed by atoms with E-state index in [0.29, 0.717) is 6.42 Å². The Balaban J connectivity index is 0.00000169. The minimum absolute atomic E-state index is 0. The first-order valence-electron chi connectivity index (χ1n) is 4.13. The molecule has 1 rings (SSSR count). The van der Waals surface area contributed by atoms with Crippen LogP contribution < -0.4 is 34.7 Å². The van der Waals surface area contributed by atoms with E-state index >= 15 is 0 Å². The molecule has 70 valence electrons. The number of carbonyl (C=O) groups is 1. The number of halogens is 1. The third-order valence-electron chi connectivity index (χ3n) is 1.76. The molecule has 0 aromatic heterocycles. The molecular formula is C10H10INaO2. The summed E-state index contributed by atoms with van der Waals surface area (Å²) in [6.45, 7) is 0.